The Morgan fingerprint density at radius 1 is 1.25 bits per heavy atom. The maximum absolute atomic E-state index is 12.5. The lowest BCUT2D eigenvalue weighted by Gasteiger charge is -2.07. The first-order chi connectivity index (χ1) is 7.43. The number of alkyl halides is 3. The predicted octanol–water partition coefficient (Wildman–Crippen LogP) is 3.99. The first-order valence-corrected chi connectivity index (χ1v) is 5.10. The van der Waals surface area contributed by atoms with Crippen LogP contribution in [-0.4, -0.2) is 4.57 Å². The Kier molecular flexibility index (Phi) is 2.45. The normalized spacial score (nSPS) is 12.3. The van der Waals surface area contributed by atoms with Crippen molar-refractivity contribution >= 4 is 10.9 Å². The number of hydrogen-bond acceptors (Lipinski definition) is 0. The second kappa shape index (κ2) is 3.54. The zero-order chi connectivity index (χ0) is 11.9. The number of halogens is 3. The Morgan fingerprint density at radius 2 is 1.94 bits per heavy atom. The summed E-state index contributed by atoms with van der Waals surface area (Å²) in [5, 5.41) is 0.884. The van der Waals surface area contributed by atoms with Gasteiger partial charge in [0.2, 0.25) is 0 Å². The molecule has 1 heterocycles. The average Bonchev–Trinajstić information content (AvgIpc) is 2.54. The molecule has 0 atom stereocenters. The maximum atomic E-state index is 12.5. The third kappa shape index (κ3) is 1.68. The quantitative estimate of drug-likeness (QED) is 0.694. The van der Waals surface area contributed by atoms with Gasteiger partial charge in [0.1, 0.15) is 0 Å². The molecule has 4 heteroatoms. The van der Waals surface area contributed by atoms with Gasteiger partial charge in [-0.05, 0) is 31.5 Å². The predicted molar refractivity (Wildman–Crippen MR) is 57.4 cm³/mol. The molecule has 0 N–H and O–H groups in total. The minimum absolute atomic E-state index is 0.590. The molecule has 1 aromatic carbocycles. The molecule has 0 unspecified atom stereocenters. The molecular weight excluding hydrogens is 215 g/mol. The molecule has 1 nitrogen and oxygen atoms in total. The van der Waals surface area contributed by atoms with E-state index in [2.05, 4.69) is 0 Å². The van der Waals surface area contributed by atoms with Crippen LogP contribution in [0.5, 0.6) is 0 Å². The number of hydrogen-bond donors (Lipinski definition) is 0. The minimum Gasteiger partial charge on any atom is -0.347 e. The van der Waals surface area contributed by atoms with E-state index in [0.29, 0.717) is 12.1 Å². The third-order valence-corrected chi connectivity index (χ3v) is 2.75. The Labute approximate surface area is 91.5 Å². The van der Waals surface area contributed by atoms with E-state index in [1.807, 2.05) is 24.6 Å². The van der Waals surface area contributed by atoms with Gasteiger partial charge in [0.25, 0.3) is 0 Å². The fraction of sp³-hybridized carbons (Fsp3) is 0.333. The highest BCUT2D eigenvalue weighted by atomic mass is 19.4. The van der Waals surface area contributed by atoms with Crippen LogP contribution >= 0.6 is 0 Å². The fourth-order valence-electron chi connectivity index (χ4n) is 1.91. The van der Waals surface area contributed by atoms with Crippen molar-refractivity contribution in [2.45, 2.75) is 26.6 Å². The van der Waals surface area contributed by atoms with Crippen LogP contribution in [0.4, 0.5) is 13.2 Å². The van der Waals surface area contributed by atoms with Crippen molar-refractivity contribution in [3.8, 4) is 0 Å². The third-order valence-electron chi connectivity index (χ3n) is 2.75. The van der Waals surface area contributed by atoms with E-state index in [4.69, 9.17) is 0 Å². The Bertz CT molecular complexity index is 523. The molecule has 1 aromatic heterocycles. The Balaban J connectivity index is 2.69. The van der Waals surface area contributed by atoms with E-state index < -0.39 is 11.7 Å². The summed E-state index contributed by atoms with van der Waals surface area (Å²) < 4.78 is 39.5. The molecule has 86 valence electrons. The van der Waals surface area contributed by atoms with Crippen LogP contribution in [0.3, 0.4) is 0 Å². The number of benzene rings is 1. The van der Waals surface area contributed by atoms with Crippen LogP contribution in [0.1, 0.15) is 18.1 Å². The van der Waals surface area contributed by atoms with E-state index >= 15 is 0 Å². The summed E-state index contributed by atoms with van der Waals surface area (Å²) in [4.78, 5) is 0. The number of rotatable bonds is 1. The van der Waals surface area contributed by atoms with Crippen LogP contribution in [0, 0.1) is 6.92 Å². The van der Waals surface area contributed by atoms with Gasteiger partial charge in [-0.15, -0.1) is 0 Å². The van der Waals surface area contributed by atoms with E-state index in [0.717, 1.165) is 17.0 Å². The van der Waals surface area contributed by atoms with Crippen LogP contribution in [0.25, 0.3) is 10.9 Å². The number of aromatic nitrogens is 1. The van der Waals surface area contributed by atoms with Gasteiger partial charge in [-0.25, -0.2) is 0 Å². The number of nitrogens with zero attached hydrogens (tertiary/aromatic N) is 1. The SMILES string of the molecule is CCn1cc(C)c2ccc(C(F)(F)F)cc21. The van der Waals surface area contributed by atoms with E-state index in [1.54, 1.807) is 6.07 Å². The highest BCUT2D eigenvalue weighted by Crippen LogP contribution is 2.32. The summed E-state index contributed by atoms with van der Waals surface area (Å²) in [6.07, 6.45) is -2.39. The van der Waals surface area contributed by atoms with Crippen molar-refractivity contribution in [1.82, 2.24) is 4.57 Å². The van der Waals surface area contributed by atoms with Gasteiger partial charge in [0.15, 0.2) is 0 Å². The van der Waals surface area contributed by atoms with Gasteiger partial charge in [-0.1, -0.05) is 6.07 Å². The van der Waals surface area contributed by atoms with Gasteiger partial charge >= 0.3 is 6.18 Å². The molecule has 0 aliphatic heterocycles. The first kappa shape index (κ1) is 11.0. The minimum atomic E-state index is -4.27. The zero-order valence-corrected chi connectivity index (χ0v) is 9.10. The highest BCUT2D eigenvalue weighted by Gasteiger charge is 2.30. The summed E-state index contributed by atoms with van der Waals surface area (Å²) in [5.74, 6) is 0. The van der Waals surface area contributed by atoms with Crippen LogP contribution in [0.2, 0.25) is 0 Å². The van der Waals surface area contributed by atoms with Crippen molar-refractivity contribution in [3.63, 3.8) is 0 Å². The molecule has 0 aliphatic carbocycles. The molecule has 0 saturated heterocycles. The molecule has 0 radical (unpaired) electrons. The fourth-order valence-corrected chi connectivity index (χ4v) is 1.91. The average molecular weight is 227 g/mol. The maximum Gasteiger partial charge on any atom is 0.416 e. The zero-order valence-electron chi connectivity index (χ0n) is 9.10. The molecule has 0 spiro atoms. The van der Waals surface area contributed by atoms with Crippen LogP contribution < -0.4 is 0 Å². The topological polar surface area (TPSA) is 4.93 Å². The summed E-state index contributed by atoms with van der Waals surface area (Å²) in [6, 6.07) is 3.89. The molecule has 2 aromatic rings. The lowest BCUT2D eigenvalue weighted by atomic mass is 10.1. The summed E-state index contributed by atoms with van der Waals surface area (Å²) in [7, 11) is 0. The number of fused-ring (bicyclic) bond motifs is 1. The molecule has 0 saturated carbocycles. The lowest BCUT2D eigenvalue weighted by molar-refractivity contribution is -0.137. The van der Waals surface area contributed by atoms with E-state index in [9.17, 15) is 13.2 Å². The summed E-state index contributed by atoms with van der Waals surface area (Å²) in [5.41, 5.74) is 1.06. The summed E-state index contributed by atoms with van der Waals surface area (Å²) in [6.45, 7) is 4.49. The van der Waals surface area contributed by atoms with Crippen molar-refractivity contribution in [1.29, 1.82) is 0 Å². The van der Waals surface area contributed by atoms with E-state index in [-0.39, 0.29) is 0 Å². The molecule has 0 fully saturated rings. The van der Waals surface area contributed by atoms with Gasteiger partial charge in [-0.3, -0.25) is 0 Å². The van der Waals surface area contributed by atoms with Crippen molar-refractivity contribution in [2.24, 2.45) is 0 Å². The molecule has 16 heavy (non-hydrogen) atoms. The van der Waals surface area contributed by atoms with E-state index in [1.165, 1.54) is 6.07 Å². The molecule has 0 amide bonds. The van der Waals surface area contributed by atoms with Gasteiger partial charge in [0.05, 0.1) is 5.56 Å². The van der Waals surface area contributed by atoms with Gasteiger partial charge in [0, 0.05) is 23.6 Å². The highest BCUT2D eigenvalue weighted by molar-refractivity contribution is 5.84. The largest absolute Gasteiger partial charge is 0.416 e. The second-order valence-corrected chi connectivity index (χ2v) is 3.83. The van der Waals surface area contributed by atoms with Crippen LogP contribution in [-0.2, 0) is 12.7 Å². The lowest BCUT2D eigenvalue weighted by Crippen LogP contribution is -2.04. The van der Waals surface area contributed by atoms with Gasteiger partial charge < -0.3 is 4.57 Å². The van der Waals surface area contributed by atoms with Crippen molar-refractivity contribution in [2.75, 3.05) is 0 Å². The molecular formula is C12H12F3N. The standard InChI is InChI=1S/C12H12F3N/c1-3-16-7-8(2)10-5-4-9(6-11(10)16)12(13,14)15/h4-7H,3H2,1-2H3. The monoisotopic (exact) mass is 227 g/mol. The Morgan fingerprint density at radius 3 is 2.50 bits per heavy atom. The first-order valence-electron chi connectivity index (χ1n) is 5.10. The van der Waals surface area contributed by atoms with Gasteiger partial charge in [-0.2, -0.15) is 13.2 Å². The van der Waals surface area contributed by atoms with Crippen molar-refractivity contribution in [3.05, 3.63) is 35.5 Å². The molecule has 2 rings (SSSR count). The Hall–Kier alpha value is -1.45. The number of aryl methyl sites for hydroxylation is 2. The molecule has 0 aliphatic rings. The van der Waals surface area contributed by atoms with Crippen molar-refractivity contribution < 1.29 is 13.2 Å². The smallest absolute Gasteiger partial charge is 0.347 e. The summed E-state index contributed by atoms with van der Waals surface area (Å²) >= 11 is 0. The second-order valence-electron chi connectivity index (χ2n) is 3.83. The molecule has 0 bridgehead atoms. The van der Waals surface area contributed by atoms with Crippen LogP contribution in [0.15, 0.2) is 24.4 Å².